The van der Waals surface area contributed by atoms with Crippen LogP contribution in [0.25, 0.3) is 0 Å². The summed E-state index contributed by atoms with van der Waals surface area (Å²) in [6.45, 7) is -1.80. The Labute approximate surface area is 174 Å². The smallest absolute Gasteiger partial charge is 0.385 e. The van der Waals surface area contributed by atoms with Crippen LogP contribution >= 0.6 is 35.7 Å². The number of phosphoric ester groups is 1. The molecule has 2 rings (SSSR count). The zero-order valence-corrected chi connectivity index (χ0v) is 17.9. The van der Waals surface area contributed by atoms with E-state index in [9.17, 15) is 42.4 Å². The summed E-state index contributed by atoms with van der Waals surface area (Å²) in [6, 6.07) is 0. The first-order valence-electron chi connectivity index (χ1n) is 7.38. The molecule has 2 heterocycles. The molecule has 2 unspecified atom stereocenters. The summed E-state index contributed by atoms with van der Waals surface area (Å²) < 4.78 is 76.9. The van der Waals surface area contributed by atoms with E-state index >= 15 is 0 Å². The van der Waals surface area contributed by atoms with Crippen molar-refractivity contribution in [3.05, 3.63) is 27.1 Å². The Morgan fingerprint density at radius 3 is 2.32 bits per heavy atom. The molecule has 22 heteroatoms. The summed E-state index contributed by atoms with van der Waals surface area (Å²) >= 11 is 4.47. The molecule has 31 heavy (non-hydrogen) atoms. The molecule has 0 aliphatic carbocycles. The van der Waals surface area contributed by atoms with Crippen molar-refractivity contribution in [1.29, 1.82) is 0 Å². The number of aromatic nitrogens is 2. The van der Waals surface area contributed by atoms with Crippen LogP contribution in [0.15, 0.2) is 11.0 Å². The van der Waals surface area contributed by atoms with Crippen LogP contribution in [0.5, 0.6) is 0 Å². The van der Waals surface area contributed by atoms with Crippen molar-refractivity contribution >= 4 is 35.7 Å². The second-order valence-electron chi connectivity index (χ2n) is 5.74. The maximum Gasteiger partial charge on any atom is 0.490 e. The number of phosphoric acid groups is 3. The van der Waals surface area contributed by atoms with E-state index in [2.05, 4.69) is 30.1 Å². The van der Waals surface area contributed by atoms with Crippen molar-refractivity contribution in [2.24, 2.45) is 0 Å². The van der Waals surface area contributed by atoms with Gasteiger partial charge in [0.15, 0.2) is 12.0 Å². The largest absolute Gasteiger partial charge is 0.490 e. The molecule has 0 amide bonds. The van der Waals surface area contributed by atoms with E-state index in [4.69, 9.17) is 14.7 Å². The summed E-state index contributed by atoms with van der Waals surface area (Å²) in [5.74, 6) is -4.76. The van der Waals surface area contributed by atoms with Gasteiger partial charge in [-0.1, -0.05) is 12.2 Å². The van der Waals surface area contributed by atoms with Gasteiger partial charge in [0.05, 0.1) is 6.20 Å². The second-order valence-corrected chi connectivity index (χ2v) is 10.6. The fourth-order valence-corrected chi connectivity index (χ4v) is 5.39. The predicted molar refractivity (Wildman–Crippen MR) is 91.6 cm³/mol. The monoisotopic (exact) mass is 536 g/mol. The number of hydrogen-bond acceptors (Lipinski definition) is 11. The number of halogens is 2. The molecule has 0 radical (unpaired) electrons. The summed E-state index contributed by atoms with van der Waals surface area (Å²) in [5.41, 5.74) is -1.19. The van der Waals surface area contributed by atoms with Crippen LogP contribution in [-0.2, 0) is 31.6 Å². The van der Waals surface area contributed by atoms with Gasteiger partial charge < -0.3 is 34.5 Å². The second kappa shape index (κ2) is 8.89. The van der Waals surface area contributed by atoms with E-state index in [1.54, 1.807) is 0 Å². The molecule has 1 aliphatic rings. The molecule has 0 aromatic carbocycles. The Bertz CT molecular complexity index is 1110. The van der Waals surface area contributed by atoms with Crippen molar-refractivity contribution in [3.63, 3.8) is 0 Å². The standard InChI is InChI=1S/C9H13F2N2O14P3S/c10-3-1-13(8(16)12-6(3)31)7-4(14)5(15)9(11,25-7)2-24-29(20,21)27-30(22,23)26-28(17,18)19/h1,4-5,7,14-15H,2H2,(H,20,21)(H,22,23)(H,12,16,31)(H2,17,18,19)/t4-,5+,7-,9-/m1/s1. The number of nitrogens with one attached hydrogen (secondary N) is 1. The quantitative estimate of drug-likeness (QED) is 0.160. The van der Waals surface area contributed by atoms with Gasteiger partial charge in [-0.25, -0.2) is 27.3 Å². The highest BCUT2D eigenvalue weighted by atomic mass is 32.1. The van der Waals surface area contributed by atoms with Gasteiger partial charge in [-0.15, -0.1) is 0 Å². The third-order valence-corrected chi connectivity index (χ3v) is 7.49. The third-order valence-electron chi connectivity index (χ3n) is 3.41. The molecule has 16 nitrogen and oxygen atoms in total. The van der Waals surface area contributed by atoms with Crippen LogP contribution in [-0.4, -0.2) is 64.0 Å². The van der Waals surface area contributed by atoms with E-state index in [0.29, 0.717) is 6.20 Å². The maximum atomic E-state index is 14.9. The van der Waals surface area contributed by atoms with Gasteiger partial charge in [0.25, 0.3) is 5.85 Å². The molecule has 0 spiro atoms. The number of nitrogens with zero attached hydrogens (tertiary/aromatic N) is 1. The first-order chi connectivity index (χ1) is 13.9. The Hall–Kier alpha value is -0.750. The van der Waals surface area contributed by atoms with Gasteiger partial charge in [-0.2, -0.15) is 8.62 Å². The van der Waals surface area contributed by atoms with Gasteiger partial charge in [-0.3, -0.25) is 14.1 Å². The zero-order valence-electron chi connectivity index (χ0n) is 14.4. The highest BCUT2D eigenvalue weighted by molar-refractivity contribution is 7.71. The van der Waals surface area contributed by atoms with E-state index in [-0.39, 0.29) is 4.57 Å². The van der Waals surface area contributed by atoms with Crippen LogP contribution < -0.4 is 5.69 Å². The average Bonchev–Trinajstić information content (AvgIpc) is 2.78. The number of aliphatic hydroxyl groups is 2. The fourth-order valence-electron chi connectivity index (χ4n) is 2.21. The van der Waals surface area contributed by atoms with Gasteiger partial charge in [-0.05, 0) is 0 Å². The van der Waals surface area contributed by atoms with Crippen LogP contribution in [0.2, 0.25) is 0 Å². The Balaban J connectivity index is 2.18. The van der Waals surface area contributed by atoms with Crippen molar-refractivity contribution < 1.29 is 70.1 Å². The molecule has 0 saturated carbocycles. The lowest BCUT2D eigenvalue weighted by Crippen LogP contribution is -2.43. The molecular formula is C9H13F2N2O14P3S. The lowest BCUT2D eigenvalue weighted by Gasteiger charge is -2.24. The molecule has 178 valence electrons. The molecule has 1 saturated heterocycles. The van der Waals surface area contributed by atoms with E-state index in [1.807, 2.05) is 4.98 Å². The predicted octanol–water partition coefficient (Wildman–Crippen LogP) is -0.695. The normalized spacial score (nSPS) is 30.6. The maximum absolute atomic E-state index is 14.9. The number of rotatable bonds is 8. The number of H-pyrrole nitrogens is 1. The van der Waals surface area contributed by atoms with Crippen LogP contribution in [0.3, 0.4) is 0 Å². The van der Waals surface area contributed by atoms with Gasteiger partial charge in [0, 0.05) is 0 Å². The van der Waals surface area contributed by atoms with Crippen LogP contribution in [0, 0.1) is 10.5 Å². The fraction of sp³-hybridized carbons (Fsp3) is 0.556. The third kappa shape index (κ3) is 6.63. The first-order valence-corrected chi connectivity index (χ1v) is 12.3. The minimum absolute atomic E-state index is 0.269. The van der Waals surface area contributed by atoms with Gasteiger partial charge in [0.1, 0.15) is 23.5 Å². The van der Waals surface area contributed by atoms with Crippen molar-refractivity contribution in [2.45, 2.75) is 24.3 Å². The molecule has 0 bridgehead atoms. The van der Waals surface area contributed by atoms with Gasteiger partial charge >= 0.3 is 29.2 Å². The summed E-state index contributed by atoms with van der Waals surface area (Å²) in [6.07, 6.45) is -6.53. The van der Waals surface area contributed by atoms with Crippen molar-refractivity contribution in [3.8, 4) is 0 Å². The van der Waals surface area contributed by atoms with E-state index in [0.717, 1.165) is 0 Å². The van der Waals surface area contributed by atoms with Gasteiger partial charge in [0.2, 0.25) is 0 Å². The molecule has 1 aromatic rings. The first kappa shape index (κ1) is 26.5. The Morgan fingerprint density at radius 2 is 1.77 bits per heavy atom. The number of aliphatic hydroxyl groups excluding tert-OH is 2. The topological polar surface area (TPSA) is 247 Å². The number of aromatic amines is 1. The summed E-state index contributed by atoms with van der Waals surface area (Å²) in [4.78, 5) is 48.8. The Kier molecular flexibility index (Phi) is 7.60. The highest BCUT2D eigenvalue weighted by Crippen LogP contribution is 2.66. The minimum Gasteiger partial charge on any atom is -0.385 e. The van der Waals surface area contributed by atoms with E-state index in [1.165, 1.54) is 0 Å². The molecule has 1 fully saturated rings. The van der Waals surface area contributed by atoms with Crippen LogP contribution in [0.1, 0.15) is 6.23 Å². The zero-order chi connectivity index (χ0) is 24.0. The number of hydrogen-bond donors (Lipinski definition) is 7. The SMILES string of the molecule is O=c1[nH]c(=S)c(F)cn1[C@@H]1O[C@](F)(COP(=O)(O)OP(=O)(O)OP(=O)(O)O)[C@@H](O)[C@H]1O. The minimum atomic E-state index is -5.90. The number of alkyl halides is 1. The lowest BCUT2D eigenvalue weighted by atomic mass is 10.1. The molecule has 7 N–H and O–H groups in total. The molecular weight excluding hydrogens is 523 g/mol. The summed E-state index contributed by atoms with van der Waals surface area (Å²) in [5, 5.41) is 19.8. The lowest BCUT2D eigenvalue weighted by molar-refractivity contribution is -0.205. The molecule has 6 atom stereocenters. The summed E-state index contributed by atoms with van der Waals surface area (Å²) in [7, 11) is -17.4. The van der Waals surface area contributed by atoms with Crippen molar-refractivity contribution in [1.82, 2.24) is 9.55 Å². The molecule has 1 aromatic heterocycles. The Morgan fingerprint density at radius 1 is 1.19 bits per heavy atom. The van der Waals surface area contributed by atoms with Crippen molar-refractivity contribution in [2.75, 3.05) is 6.61 Å². The highest BCUT2D eigenvalue weighted by Gasteiger charge is 2.57. The molecule has 1 aliphatic heterocycles. The van der Waals surface area contributed by atoms with E-state index < -0.39 is 70.5 Å². The van der Waals surface area contributed by atoms with Crippen LogP contribution in [0.4, 0.5) is 8.78 Å². The number of ether oxygens (including phenoxy) is 1. The average molecular weight is 536 g/mol.